The predicted molar refractivity (Wildman–Crippen MR) is 82.5 cm³/mol. The van der Waals surface area contributed by atoms with E-state index in [-0.39, 0.29) is 0 Å². The Labute approximate surface area is 122 Å². The van der Waals surface area contributed by atoms with Gasteiger partial charge in [0.2, 0.25) is 0 Å². The number of nitrogens with zero attached hydrogens (tertiary/aromatic N) is 2. The average molecular weight is 273 g/mol. The van der Waals surface area contributed by atoms with Crippen LogP contribution in [0, 0.1) is 18.8 Å². The number of likely N-dealkylation sites (tertiary alicyclic amines) is 1. The molecule has 1 aromatic rings. The molecule has 110 valence electrons. The highest BCUT2D eigenvalue weighted by Gasteiger charge is 2.41. The second-order valence-electron chi connectivity index (χ2n) is 6.86. The number of hydrogen-bond donors (Lipinski definition) is 1. The van der Waals surface area contributed by atoms with E-state index in [1.165, 1.54) is 31.5 Å². The number of aryl methyl sites for hydroxylation is 1. The van der Waals surface area contributed by atoms with Gasteiger partial charge in [0.25, 0.3) is 0 Å². The van der Waals surface area contributed by atoms with E-state index >= 15 is 0 Å². The second-order valence-corrected chi connectivity index (χ2v) is 6.86. The lowest BCUT2D eigenvalue weighted by Crippen LogP contribution is -2.52. The summed E-state index contributed by atoms with van der Waals surface area (Å²) >= 11 is 0. The minimum atomic E-state index is 0.695. The number of hydrogen-bond acceptors (Lipinski definition) is 3. The number of rotatable bonds is 4. The third-order valence-electron chi connectivity index (χ3n) is 5.11. The van der Waals surface area contributed by atoms with Crippen LogP contribution in [0.25, 0.3) is 0 Å². The Morgan fingerprint density at radius 1 is 1.25 bits per heavy atom. The molecule has 3 heteroatoms. The molecule has 2 bridgehead atoms. The Bertz CT molecular complexity index is 426. The summed E-state index contributed by atoms with van der Waals surface area (Å²) in [4.78, 5) is 7.04. The quantitative estimate of drug-likeness (QED) is 0.914. The van der Waals surface area contributed by atoms with Crippen molar-refractivity contribution in [3.63, 3.8) is 0 Å². The predicted octanol–water partition coefficient (Wildman–Crippen LogP) is 2.60. The van der Waals surface area contributed by atoms with Crippen molar-refractivity contribution in [2.45, 2.75) is 52.2 Å². The van der Waals surface area contributed by atoms with Crippen LogP contribution in [0.1, 0.15) is 37.9 Å². The van der Waals surface area contributed by atoms with Crippen molar-refractivity contribution in [3.05, 3.63) is 29.6 Å². The van der Waals surface area contributed by atoms with Gasteiger partial charge in [-0.2, -0.15) is 0 Å². The van der Waals surface area contributed by atoms with E-state index in [4.69, 9.17) is 0 Å². The van der Waals surface area contributed by atoms with Crippen LogP contribution in [0.5, 0.6) is 0 Å². The zero-order valence-electron chi connectivity index (χ0n) is 13.0. The number of aromatic nitrogens is 1. The minimum Gasteiger partial charge on any atom is -0.309 e. The van der Waals surface area contributed by atoms with Crippen molar-refractivity contribution in [1.82, 2.24) is 15.2 Å². The molecule has 1 aliphatic heterocycles. The van der Waals surface area contributed by atoms with E-state index in [1.54, 1.807) is 0 Å². The lowest BCUT2D eigenvalue weighted by atomic mass is 9.91. The summed E-state index contributed by atoms with van der Waals surface area (Å²) in [7, 11) is 0. The van der Waals surface area contributed by atoms with Crippen molar-refractivity contribution in [2.24, 2.45) is 11.8 Å². The maximum absolute atomic E-state index is 4.38. The highest BCUT2D eigenvalue weighted by molar-refractivity contribution is 5.13. The van der Waals surface area contributed by atoms with Crippen LogP contribution >= 0.6 is 0 Å². The van der Waals surface area contributed by atoms with Gasteiger partial charge in [-0.15, -0.1) is 0 Å². The zero-order chi connectivity index (χ0) is 14.1. The fourth-order valence-electron chi connectivity index (χ4n) is 3.85. The average Bonchev–Trinajstić information content (AvgIpc) is 2.67. The number of nitrogens with one attached hydrogen (secondary N) is 1. The molecule has 0 radical (unpaired) electrons. The monoisotopic (exact) mass is 273 g/mol. The van der Waals surface area contributed by atoms with Crippen LogP contribution < -0.4 is 5.32 Å². The fraction of sp³-hybridized carbons (Fsp3) is 0.706. The molecule has 2 heterocycles. The Kier molecular flexibility index (Phi) is 4.08. The molecule has 2 fully saturated rings. The maximum Gasteiger partial charge on any atom is 0.0372 e. The minimum absolute atomic E-state index is 0.695. The molecule has 3 nitrogen and oxygen atoms in total. The molecule has 20 heavy (non-hydrogen) atoms. The number of piperidine rings is 1. The van der Waals surface area contributed by atoms with E-state index in [0.717, 1.165) is 24.1 Å². The first-order valence-electron chi connectivity index (χ1n) is 8.02. The van der Waals surface area contributed by atoms with Gasteiger partial charge in [0, 0.05) is 43.6 Å². The van der Waals surface area contributed by atoms with Gasteiger partial charge in [-0.1, -0.05) is 6.07 Å². The van der Waals surface area contributed by atoms with Crippen molar-refractivity contribution >= 4 is 0 Å². The SMILES string of the molecule is Cc1ccc(CNC2[C@@H]3CC[C@H]2CN(C(C)C)C3)cn1. The van der Waals surface area contributed by atoms with Crippen LogP contribution in [0.2, 0.25) is 0 Å². The summed E-state index contributed by atoms with van der Waals surface area (Å²) in [5.41, 5.74) is 2.40. The van der Waals surface area contributed by atoms with Crippen LogP contribution in [0.4, 0.5) is 0 Å². The fourth-order valence-corrected chi connectivity index (χ4v) is 3.85. The molecule has 1 aromatic heterocycles. The molecule has 1 N–H and O–H groups in total. The molecule has 1 saturated heterocycles. The van der Waals surface area contributed by atoms with Gasteiger partial charge in [0.1, 0.15) is 0 Å². The smallest absolute Gasteiger partial charge is 0.0372 e. The molecule has 2 aliphatic rings. The summed E-state index contributed by atoms with van der Waals surface area (Å²) in [5.74, 6) is 1.68. The third-order valence-corrected chi connectivity index (χ3v) is 5.11. The first kappa shape index (κ1) is 14.0. The molecule has 3 rings (SSSR count). The Morgan fingerprint density at radius 2 is 1.95 bits per heavy atom. The second kappa shape index (κ2) is 5.82. The van der Waals surface area contributed by atoms with E-state index in [1.807, 2.05) is 13.1 Å². The zero-order valence-corrected chi connectivity index (χ0v) is 13.0. The van der Waals surface area contributed by atoms with Crippen molar-refractivity contribution in [2.75, 3.05) is 13.1 Å². The molecular formula is C17H27N3. The molecular weight excluding hydrogens is 246 g/mol. The van der Waals surface area contributed by atoms with Crippen LogP contribution in [-0.4, -0.2) is 35.1 Å². The molecule has 0 aromatic carbocycles. The molecule has 1 saturated carbocycles. The van der Waals surface area contributed by atoms with Gasteiger partial charge in [-0.05, 0) is 57.1 Å². The van der Waals surface area contributed by atoms with E-state index in [9.17, 15) is 0 Å². The highest BCUT2D eigenvalue weighted by Crippen LogP contribution is 2.37. The largest absolute Gasteiger partial charge is 0.309 e. The lowest BCUT2D eigenvalue weighted by molar-refractivity contribution is 0.101. The Morgan fingerprint density at radius 3 is 2.50 bits per heavy atom. The molecule has 1 aliphatic carbocycles. The third kappa shape index (κ3) is 2.89. The maximum atomic E-state index is 4.38. The summed E-state index contributed by atoms with van der Waals surface area (Å²) < 4.78 is 0. The summed E-state index contributed by atoms with van der Waals surface area (Å²) in [6.07, 6.45) is 4.81. The van der Waals surface area contributed by atoms with E-state index < -0.39 is 0 Å². The van der Waals surface area contributed by atoms with Gasteiger partial charge < -0.3 is 10.2 Å². The molecule has 3 atom stereocenters. The first-order chi connectivity index (χ1) is 9.63. The Balaban J connectivity index is 1.58. The standard InChI is InChI=1S/C17H27N3/c1-12(2)20-10-15-6-7-16(11-20)17(15)19-9-14-5-4-13(3)18-8-14/h4-5,8,12,15-17,19H,6-7,9-11H2,1-3H3/t15-,16+,17?. The number of pyridine rings is 1. The summed E-state index contributed by atoms with van der Waals surface area (Å²) in [6.45, 7) is 10.2. The van der Waals surface area contributed by atoms with Crippen LogP contribution in [0.15, 0.2) is 18.3 Å². The van der Waals surface area contributed by atoms with Crippen molar-refractivity contribution in [1.29, 1.82) is 0 Å². The highest BCUT2D eigenvalue weighted by atomic mass is 15.2. The summed E-state index contributed by atoms with van der Waals surface area (Å²) in [5, 5.41) is 3.81. The van der Waals surface area contributed by atoms with E-state index in [0.29, 0.717) is 12.1 Å². The molecule has 0 amide bonds. The van der Waals surface area contributed by atoms with Gasteiger partial charge in [0.05, 0.1) is 0 Å². The van der Waals surface area contributed by atoms with Crippen molar-refractivity contribution < 1.29 is 0 Å². The van der Waals surface area contributed by atoms with Crippen LogP contribution in [-0.2, 0) is 6.54 Å². The number of fused-ring (bicyclic) bond motifs is 2. The molecule has 1 unspecified atom stereocenters. The van der Waals surface area contributed by atoms with E-state index in [2.05, 4.69) is 41.2 Å². The van der Waals surface area contributed by atoms with Crippen molar-refractivity contribution in [3.8, 4) is 0 Å². The lowest BCUT2D eigenvalue weighted by Gasteiger charge is -2.40. The van der Waals surface area contributed by atoms with Gasteiger partial charge in [-0.3, -0.25) is 4.98 Å². The Hall–Kier alpha value is -0.930. The normalized spacial score (nSPS) is 30.1. The topological polar surface area (TPSA) is 28.2 Å². The van der Waals surface area contributed by atoms with Gasteiger partial charge in [-0.25, -0.2) is 0 Å². The first-order valence-corrected chi connectivity index (χ1v) is 8.02. The van der Waals surface area contributed by atoms with Gasteiger partial charge >= 0.3 is 0 Å². The molecule has 0 spiro atoms. The summed E-state index contributed by atoms with van der Waals surface area (Å²) in [6, 6.07) is 5.71. The van der Waals surface area contributed by atoms with Crippen LogP contribution in [0.3, 0.4) is 0 Å². The van der Waals surface area contributed by atoms with Gasteiger partial charge in [0.15, 0.2) is 0 Å².